The van der Waals surface area contributed by atoms with Crippen molar-refractivity contribution < 1.29 is 9.21 Å². The zero-order valence-electron chi connectivity index (χ0n) is 13.1. The Labute approximate surface area is 148 Å². The average Bonchev–Trinajstić information content (AvgIpc) is 3.25. The average molecular weight is 363 g/mol. The molecule has 3 rings (SSSR count). The molecule has 0 bridgehead atoms. The predicted octanol–water partition coefficient (Wildman–Crippen LogP) is 3.40. The van der Waals surface area contributed by atoms with E-state index >= 15 is 0 Å². The molecule has 2 heterocycles. The van der Waals surface area contributed by atoms with Gasteiger partial charge in [-0.2, -0.15) is 0 Å². The van der Waals surface area contributed by atoms with Crippen LogP contribution < -0.4 is 4.90 Å². The van der Waals surface area contributed by atoms with Crippen molar-refractivity contribution in [2.75, 3.05) is 11.9 Å². The number of carbonyl (C=O) groups is 1. The fraction of sp³-hybridized carbons (Fsp3) is 0.188. The van der Waals surface area contributed by atoms with Crippen LogP contribution in [0.15, 0.2) is 58.3 Å². The summed E-state index contributed by atoms with van der Waals surface area (Å²) in [5.74, 6) is 0.960. The van der Waals surface area contributed by atoms with Crippen LogP contribution in [-0.4, -0.2) is 32.4 Å². The summed E-state index contributed by atoms with van der Waals surface area (Å²) >= 11 is 7.43. The second kappa shape index (κ2) is 7.11. The number of furan rings is 1. The van der Waals surface area contributed by atoms with Gasteiger partial charge in [0.15, 0.2) is 21.5 Å². The molecule has 8 heteroatoms. The maximum absolute atomic E-state index is 12.5. The zero-order chi connectivity index (χ0) is 17.1. The van der Waals surface area contributed by atoms with Crippen LogP contribution in [0.5, 0.6) is 0 Å². The lowest BCUT2D eigenvalue weighted by Gasteiger charge is -2.19. The number of amides is 1. The minimum Gasteiger partial charge on any atom is -0.461 e. The molecule has 0 aliphatic rings. The van der Waals surface area contributed by atoms with Gasteiger partial charge in [0.25, 0.3) is 5.91 Å². The SMILES string of the molecule is CN(C(=O)C(Cl)Sc1nnc(-c2ccco2)n1C)c1ccccc1. The van der Waals surface area contributed by atoms with Gasteiger partial charge in [-0.1, -0.05) is 41.6 Å². The molecule has 0 saturated carbocycles. The first-order valence-electron chi connectivity index (χ1n) is 7.14. The van der Waals surface area contributed by atoms with Crippen molar-refractivity contribution >= 4 is 35.0 Å². The minimum absolute atomic E-state index is 0.226. The van der Waals surface area contributed by atoms with E-state index < -0.39 is 4.71 Å². The maximum Gasteiger partial charge on any atom is 0.255 e. The van der Waals surface area contributed by atoms with Crippen molar-refractivity contribution in [2.24, 2.45) is 7.05 Å². The van der Waals surface area contributed by atoms with Gasteiger partial charge in [-0.15, -0.1) is 10.2 Å². The predicted molar refractivity (Wildman–Crippen MR) is 94.1 cm³/mol. The van der Waals surface area contributed by atoms with Crippen LogP contribution in [0.4, 0.5) is 5.69 Å². The van der Waals surface area contributed by atoms with Crippen molar-refractivity contribution in [2.45, 2.75) is 9.87 Å². The molecule has 2 aromatic heterocycles. The summed E-state index contributed by atoms with van der Waals surface area (Å²) in [6, 6.07) is 12.9. The second-order valence-electron chi connectivity index (χ2n) is 5.01. The first-order valence-corrected chi connectivity index (χ1v) is 8.46. The molecule has 0 N–H and O–H groups in total. The number of hydrogen-bond donors (Lipinski definition) is 0. The third kappa shape index (κ3) is 3.32. The Balaban J connectivity index is 1.73. The lowest BCUT2D eigenvalue weighted by Crippen LogP contribution is -2.32. The van der Waals surface area contributed by atoms with Crippen LogP contribution in [0.3, 0.4) is 0 Å². The van der Waals surface area contributed by atoms with E-state index in [4.69, 9.17) is 16.0 Å². The lowest BCUT2D eigenvalue weighted by atomic mass is 10.3. The summed E-state index contributed by atoms with van der Waals surface area (Å²) in [7, 11) is 3.49. The summed E-state index contributed by atoms with van der Waals surface area (Å²) in [4.78, 5) is 14.0. The van der Waals surface area contributed by atoms with Gasteiger partial charge in [0.2, 0.25) is 0 Å². The Morgan fingerprint density at radius 1 is 1.25 bits per heavy atom. The number of alkyl halides is 1. The van der Waals surface area contributed by atoms with Crippen molar-refractivity contribution in [3.05, 3.63) is 48.7 Å². The molecule has 1 amide bonds. The molecular weight excluding hydrogens is 348 g/mol. The summed E-state index contributed by atoms with van der Waals surface area (Å²) < 4.78 is 6.25. The second-order valence-corrected chi connectivity index (χ2v) is 6.78. The van der Waals surface area contributed by atoms with Crippen molar-refractivity contribution in [3.8, 4) is 11.6 Å². The van der Waals surface area contributed by atoms with Crippen molar-refractivity contribution in [3.63, 3.8) is 0 Å². The van der Waals surface area contributed by atoms with Gasteiger partial charge in [-0.3, -0.25) is 4.79 Å². The van der Waals surface area contributed by atoms with Crippen LogP contribution in [0.2, 0.25) is 0 Å². The number of thioether (sulfide) groups is 1. The number of nitrogens with zero attached hydrogens (tertiary/aromatic N) is 4. The third-order valence-corrected chi connectivity index (χ3v) is 4.88. The molecule has 0 aliphatic carbocycles. The molecule has 0 fully saturated rings. The largest absolute Gasteiger partial charge is 0.461 e. The van der Waals surface area contributed by atoms with Gasteiger partial charge in [-0.25, -0.2) is 0 Å². The first-order chi connectivity index (χ1) is 11.6. The van der Waals surface area contributed by atoms with E-state index in [0.717, 1.165) is 17.4 Å². The van der Waals surface area contributed by atoms with Crippen LogP contribution in [0.25, 0.3) is 11.6 Å². The molecule has 1 unspecified atom stereocenters. The summed E-state index contributed by atoms with van der Waals surface area (Å²) in [6.07, 6.45) is 1.57. The van der Waals surface area contributed by atoms with Gasteiger partial charge < -0.3 is 13.9 Å². The highest BCUT2D eigenvalue weighted by Gasteiger charge is 2.25. The van der Waals surface area contributed by atoms with E-state index in [0.29, 0.717) is 16.7 Å². The highest BCUT2D eigenvalue weighted by Crippen LogP contribution is 2.29. The van der Waals surface area contributed by atoms with Gasteiger partial charge in [0, 0.05) is 19.8 Å². The van der Waals surface area contributed by atoms with Gasteiger partial charge in [-0.05, 0) is 24.3 Å². The summed E-state index contributed by atoms with van der Waals surface area (Å²) in [5.41, 5.74) is 0.781. The van der Waals surface area contributed by atoms with E-state index in [9.17, 15) is 4.79 Å². The third-order valence-electron chi connectivity index (χ3n) is 3.45. The molecule has 3 aromatic rings. The number of carbonyl (C=O) groups excluding carboxylic acids is 1. The molecule has 0 spiro atoms. The minimum atomic E-state index is -0.817. The lowest BCUT2D eigenvalue weighted by molar-refractivity contribution is -0.116. The van der Waals surface area contributed by atoms with E-state index in [2.05, 4.69) is 10.2 Å². The van der Waals surface area contributed by atoms with Crippen LogP contribution in [0.1, 0.15) is 0 Å². The van der Waals surface area contributed by atoms with E-state index in [-0.39, 0.29) is 5.91 Å². The molecule has 24 heavy (non-hydrogen) atoms. The Morgan fingerprint density at radius 3 is 2.67 bits per heavy atom. The molecule has 0 aliphatic heterocycles. The molecule has 1 aromatic carbocycles. The number of para-hydroxylation sites is 1. The molecule has 124 valence electrons. The molecule has 0 saturated heterocycles. The standard InChI is InChI=1S/C16H15ClN4O2S/c1-20(11-7-4-3-5-8-11)15(22)13(17)24-16-19-18-14(21(16)2)12-9-6-10-23-12/h3-10,13H,1-2H3. The van der Waals surface area contributed by atoms with Crippen LogP contribution >= 0.6 is 23.4 Å². The summed E-state index contributed by atoms with van der Waals surface area (Å²) in [5, 5.41) is 8.71. The fourth-order valence-corrected chi connectivity index (χ4v) is 3.27. The Kier molecular flexibility index (Phi) is 4.92. The van der Waals surface area contributed by atoms with Crippen molar-refractivity contribution in [1.29, 1.82) is 0 Å². The highest BCUT2D eigenvalue weighted by atomic mass is 35.5. The first kappa shape index (κ1) is 16.6. The van der Waals surface area contributed by atoms with Gasteiger partial charge in [0.05, 0.1) is 6.26 Å². The number of aromatic nitrogens is 3. The number of benzene rings is 1. The van der Waals surface area contributed by atoms with E-state index in [1.165, 1.54) is 4.90 Å². The Bertz CT molecular complexity index is 820. The highest BCUT2D eigenvalue weighted by molar-refractivity contribution is 8.01. The van der Waals surface area contributed by atoms with Gasteiger partial charge >= 0.3 is 0 Å². The number of hydrogen-bond acceptors (Lipinski definition) is 5. The molecule has 6 nitrogen and oxygen atoms in total. The smallest absolute Gasteiger partial charge is 0.255 e. The topological polar surface area (TPSA) is 64.2 Å². The Morgan fingerprint density at radius 2 is 2.00 bits per heavy atom. The monoisotopic (exact) mass is 362 g/mol. The van der Waals surface area contributed by atoms with Gasteiger partial charge in [0.1, 0.15) is 0 Å². The maximum atomic E-state index is 12.5. The van der Waals surface area contributed by atoms with Crippen LogP contribution in [0, 0.1) is 0 Å². The van der Waals surface area contributed by atoms with Crippen molar-refractivity contribution in [1.82, 2.24) is 14.8 Å². The number of anilines is 1. The van der Waals surface area contributed by atoms with E-state index in [1.54, 1.807) is 37.1 Å². The van der Waals surface area contributed by atoms with Crippen LogP contribution in [-0.2, 0) is 11.8 Å². The molecule has 1 atom stereocenters. The normalized spacial score (nSPS) is 12.1. The molecule has 0 radical (unpaired) electrons. The molecular formula is C16H15ClN4O2S. The van der Waals surface area contributed by atoms with E-state index in [1.807, 2.05) is 30.3 Å². The zero-order valence-corrected chi connectivity index (χ0v) is 14.7. The quantitative estimate of drug-likeness (QED) is 0.514. The number of halogens is 1. The summed E-state index contributed by atoms with van der Waals surface area (Å²) in [6.45, 7) is 0. The Hall–Kier alpha value is -2.25. The number of rotatable bonds is 5. The fourth-order valence-electron chi connectivity index (χ4n) is 2.11.